The number of hydrogen-bond donors (Lipinski definition) is 1. The molecule has 2 aromatic rings. The molecule has 1 atom stereocenters. The summed E-state index contributed by atoms with van der Waals surface area (Å²) in [4.78, 5) is 6.59. The molecule has 0 amide bonds. The predicted molar refractivity (Wildman–Crippen MR) is 97.9 cm³/mol. The molecule has 0 aliphatic heterocycles. The van der Waals surface area contributed by atoms with Crippen LogP contribution in [0.15, 0.2) is 47.5 Å². The largest absolute Gasteiger partial charge is 0.377 e. The second kappa shape index (κ2) is 7.19. The van der Waals surface area contributed by atoms with Crippen molar-refractivity contribution in [3.8, 4) is 0 Å². The normalized spacial score (nSPS) is 12.9. The number of anilines is 2. The minimum absolute atomic E-state index is 0.0469. The van der Waals surface area contributed by atoms with Crippen LogP contribution in [-0.4, -0.2) is 45.9 Å². The molecule has 0 spiro atoms. The molecule has 1 heterocycles. The molecule has 24 heavy (non-hydrogen) atoms. The summed E-state index contributed by atoms with van der Waals surface area (Å²) in [6, 6.07) is 10.8. The minimum Gasteiger partial charge on any atom is -0.377 e. The number of aromatic nitrogens is 1. The number of nitrogens with one attached hydrogen (secondary N) is 1. The highest BCUT2D eigenvalue weighted by Crippen LogP contribution is 2.23. The average molecular weight is 348 g/mol. The van der Waals surface area contributed by atoms with Gasteiger partial charge in [0.2, 0.25) is 10.0 Å². The lowest BCUT2D eigenvalue weighted by Gasteiger charge is -2.18. The van der Waals surface area contributed by atoms with E-state index in [9.17, 15) is 8.42 Å². The molecule has 1 aromatic carbocycles. The van der Waals surface area contributed by atoms with Gasteiger partial charge >= 0.3 is 0 Å². The van der Waals surface area contributed by atoms with Crippen LogP contribution in [0.5, 0.6) is 0 Å². The summed E-state index contributed by atoms with van der Waals surface area (Å²) in [6.45, 7) is 1.99. The van der Waals surface area contributed by atoms with E-state index in [1.807, 2.05) is 44.1 Å². The van der Waals surface area contributed by atoms with Crippen LogP contribution in [0.4, 0.5) is 11.5 Å². The molecule has 0 radical (unpaired) electrons. The summed E-state index contributed by atoms with van der Waals surface area (Å²) in [5.41, 5.74) is 1.78. The Kier molecular flexibility index (Phi) is 5.46. The molecular weight excluding hydrogens is 324 g/mol. The second-order valence-corrected chi connectivity index (χ2v) is 8.18. The average Bonchev–Trinajstić information content (AvgIpc) is 2.55. The van der Waals surface area contributed by atoms with E-state index in [-0.39, 0.29) is 6.04 Å². The summed E-state index contributed by atoms with van der Waals surface area (Å²) in [5, 5.41) is 3.34. The van der Waals surface area contributed by atoms with Crippen molar-refractivity contribution in [1.82, 2.24) is 9.29 Å². The van der Waals surface area contributed by atoms with Gasteiger partial charge in [-0.3, -0.25) is 0 Å². The molecule has 0 aliphatic carbocycles. The third-order valence-corrected chi connectivity index (χ3v) is 5.54. The van der Waals surface area contributed by atoms with Crippen molar-refractivity contribution < 1.29 is 8.42 Å². The highest BCUT2D eigenvalue weighted by atomic mass is 32.2. The van der Waals surface area contributed by atoms with Crippen molar-refractivity contribution in [2.75, 3.05) is 38.4 Å². The van der Waals surface area contributed by atoms with E-state index in [0.29, 0.717) is 4.90 Å². The maximum absolute atomic E-state index is 12.3. The Morgan fingerprint density at radius 3 is 2.33 bits per heavy atom. The molecule has 0 bridgehead atoms. The predicted octanol–water partition coefficient (Wildman–Crippen LogP) is 2.57. The maximum Gasteiger partial charge on any atom is 0.242 e. The van der Waals surface area contributed by atoms with E-state index >= 15 is 0 Å². The molecular formula is C17H24N4O2S. The van der Waals surface area contributed by atoms with Crippen LogP contribution in [-0.2, 0) is 10.0 Å². The number of nitrogens with zero attached hydrogens (tertiary/aromatic N) is 3. The highest BCUT2D eigenvalue weighted by molar-refractivity contribution is 7.89. The molecule has 1 N–H and O–H groups in total. The van der Waals surface area contributed by atoms with Crippen molar-refractivity contribution in [2.45, 2.75) is 17.9 Å². The number of sulfonamides is 1. The van der Waals surface area contributed by atoms with Gasteiger partial charge in [0.15, 0.2) is 0 Å². The lowest BCUT2D eigenvalue weighted by molar-refractivity contribution is 0.520. The lowest BCUT2D eigenvalue weighted by Crippen LogP contribution is -2.22. The molecule has 7 heteroatoms. The fraction of sp³-hybridized carbons (Fsp3) is 0.353. The zero-order valence-corrected chi connectivity index (χ0v) is 15.5. The van der Waals surface area contributed by atoms with Gasteiger partial charge in [-0.05, 0) is 36.8 Å². The van der Waals surface area contributed by atoms with Crippen molar-refractivity contribution in [2.24, 2.45) is 0 Å². The molecule has 6 nitrogen and oxygen atoms in total. The van der Waals surface area contributed by atoms with Crippen LogP contribution < -0.4 is 10.2 Å². The molecule has 0 saturated heterocycles. The smallest absolute Gasteiger partial charge is 0.242 e. The van der Waals surface area contributed by atoms with Crippen molar-refractivity contribution >= 4 is 21.5 Å². The molecule has 1 aromatic heterocycles. The summed E-state index contributed by atoms with van der Waals surface area (Å²) >= 11 is 0. The Labute approximate surface area is 144 Å². The van der Waals surface area contributed by atoms with Gasteiger partial charge in [-0.15, -0.1) is 0 Å². The summed E-state index contributed by atoms with van der Waals surface area (Å²) < 4.78 is 25.7. The van der Waals surface area contributed by atoms with Gasteiger partial charge in [0.1, 0.15) is 5.82 Å². The lowest BCUT2D eigenvalue weighted by atomic mass is 10.1. The zero-order valence-electron chi connectivity index (χ0n) is 14.7. The van der Waals surface area contributed by atoms with Crippen molar-refractivity contribution in [1.29, 1.82) is 0 Å². The molecule has 0 fully saturated rings. The van der Waals surface area contributed by atoms with Crippen LogP contribution in [0.3, 0.4) is 0 Å². The van der Waals surface area contributed by atoms with Crippen LogP contribution in [0.2, 0.25) is 0 Å². The van der Waals surface area contributed by atoms with Gasteiger partial charge in [0.05, 0.1) is 16.8 Å². The minimum atomic E-state index is -3.43. The number of hydrogen-bond acceptors (Lipinski definition) is 5. The first-order valence-electron chi connectivity index (χ1n) is 7.64. The van der Waals surface area contributed by atoms with Crippen LogP contribution in [0.1, 0.15) is 18.5 Å². The fourth-order valence-corrected chi connectivity index (χ4v) is 3.18. The molecule has 2 rings (SSSR count). The van der Waals surface area contributed by atoms with E-state index in [1.54, 1.807) is 24.4 Å². The first-order chi connectivity index (χ1) is 11.2. The van der Waals surface area contributed by atoms with E-state index in [2.05, 4.69) is 10.3 Å². The maximum atomic E-state index is 12.3. The van der Waals surface area contributed by atoms with Gasteiger partial charge < -0.3 is 10.2 Å². The van der Waals surface area contributed by atoms with Gasteiger partial charge in [-0.1, -0.05) is 12.1 Å². The number of benzene rings is 1. The first-order valence-corrected chi connectivity index (χ1v) is 9.08. The van der Waals surface area contributed by atoms with Crippen LogP contribution >= 0.6 is 0 Å². The Morgan fingerprint density at radius 2 is 1.79 bits per heavy atom. The Morgan fingerprint density at radius 1 is 1.08 bits per heavy atom. The van der Waals surface area contributed by atoms with Crippen LogP contribution in [0, 0.1) is 0 Å². The first kappa shape index (κ1) is 18.2. The van der Waals surface area contributed by atoms with Crippen molar-refractivity contribution in [3.05, 3.63) is 48.2 Å². The number of pyridine rings is 1. The van der Waals surface area contributed by atoms with Gasteiger partial charge in [-0.25, -0.2) is 17.7 Å². The zero-order chi connectivity index (χ0) is 17.9. The standard InChI is InChI=1S/C17H24N4O2S/c1-13(19-15-9-10-17(18-12-15)20(2)3)14-7-6-8-16(11-14)24(22,23)21(4)5/h6-13,19H,1-5H3/t13-/m0/s1. The van der Waals surface area contributed by atoms with E-state index in [4.69, 9.17) is 0 Å². The quantitative estimate of drug-likeness (QED) is 0.869. The van der Waals surface area contributed by atoms with Gasteiger partial charge in [-0.2, -0.15) is 0 Å². The Bertz CT molecular complexity index is 786. The third kappa shape index (κ3) is 4.04. The molecule has 0 aliphatic rings. The Balaban J connectivity index is 2.20. The van der Waals surface area contributed by atoms with E-state index in [1.165, 1.54) is 18.4 Å². The SMILES string of the molecule is C[C@H](Nc1ccc(N(C)C)nc1)c1cccc(S(=O)(=O)N(C)C)c1. The highest BCUT2D eigenvalue weighted by Gasteiger charge is 2.18. The van der Waals surface area contributed by atoms with E-state index in [0.717, 1.165) is 17.1 Å². The van der Waals surface area contributed by atoms with Gasteiger partial charge in [0.25, 0.3) is 0 Å². The van der Waals surface area contributed by atoms with Gasteiger partial charge in [0, 0.05) is 34.2 Å². The number of rotatable bonds is 6. The van der Waals surface area contributed by atoms with Crippen molar-refractivity contribution in [3.63, 3.8) is 0 Å². The Hall–Kier alpha value is -2.12. The second-order valence-electron chi connectivity index (χ2n) is 6.03. The third-order valence-electron chi connectivity index (χ3n) is 3.73. The van der Waals surface area contributed by atoms with Crippen LogP contribution in [0.25, 0.3) is 0 Å². The molecule has 130 valence electrons. The summed E-state index contributed by atoms with van der Waals surface area (Å²) in [6.07, 6.45) is 1.77. The fourth-order valence-electron chi connectivity index (χ4n) is 2.22. The molecule has 0 saturated carbocycles. The van der Waals surface area contributed by atoms with E-state index < -0.39 is 10.0 Å². The summed E-state index contributed by atoms with van der Waals surface area (Å²) in [5.74, 6) is 0.882. The molecule has 0 unspecified atom stereocenters. The topological polar surface area (TPSA) is 65.5 Å². The summed E-state index contributed by atoms with van der Waals surface area (Å²) in [7, 11) is 3.50. The monoisotopic (exact) mass is 348 g/mol.